The highest BCUT2D eigenvalue weighted by Crippen LogP contribution is 2.21. The molecule has 0 spiro atoms. The number of amides is 1. The van der Waals surface area contributed by atoms with Crippen molar-refractivity contribution in [3.8, 4) is 0 Å². The van der Waals surface area contributed by atoms with E-state index in [-0.39, 0.29) is 18.1 Å². The third kappa shape index (κ3) is 4.29. The van der Waals surface area contributed by atoms with Crippen molar-refractivity contribution >= 4 is 5.91 Å². The fourth-order valence-electron chi connectivity index (χ4n) is 2.99. The Bertz CT molecular complexity index is 461. The molecule has 4 nitrogen and oxygen atoms in total. The van der Waals surface area contributed by atoms with Gasteiger partial charge in [0.05, 0.1) is 18.8 Å². The second kappa shape index (κ2) is 8.15. The van der Waals surface area contributed by atoms with E-state index in [9.17, 15) is 4.79 Å². The summed E-state index contributed by atoms with van der Waals surface area (Å²) in [6.07, 6.45) is 5.64. The number of carbonyl (C=O) groups is 1. The first-order valence-electron chi connectivity index (χ1n) is 7.66. The molecule has 0 aliphatic heterocycles. The van der Waals surface area contributed by atoms with Gasteiger partial charge in [-0.15, -0.1) is 0 Å². The minimum atomic E-state index is -0.0309. The van der Waals surface area contributed by atoms with Crippen molar-refractivity contribution in [2.45, 2.75) is 50.9 Å². The minimum absolute atomic E-state index is 0.0309. The van der Waals surface area contributed by atoms with Gasteiger partial charge in [0.25, 0.3) is 5.91 Å². The second-order valence-corrected chi connectivity index (χ2v) is 5.58. The first-order valence-corrected chi connectivity index (χ1v) is 7.66. The van der Waals surface area contributed by atoms with Crippen LogP contribution in [0.4, 0.5) is 0 Å². The Morgan fingerprint density at radius 3 is 2.71 bits per heavy atom. The van der Waals surface area contributed by atoms with Gasteiger partial charge in [0.15, 0.2) is 0 Å². The lowest BCUT2D eigenvalue weighted by atomic mass is 10.0. The molecule has 1 aromatic carbocycles. The summed E-state index contributed by atoms with van der Waals surface area (Å²) in [7, 11) is 3.37. The number of hydrogen-bond donors (Lipinski definition) is 1. The highest BCUT2D eigenvalue weighted by Gasteiger charge is 2.25. The Hall–Kier alpha value is -1.39. The zero-order valence-corrected chi connectivity index (χ0v) is 12.9. The summed E-state index contributed by atoms with van der Waals surface area (Å²) >= 11 is 0. The first kappa shape index (κ1) is 16.0. The van der Waals surface area contributed by atoms with Gasteiger partial charge < -0.3 is 14.8 Å². The van der Waals surface area contributed by atoms with Crippen molar-refractivity contribution in [1.82, 2.24) is 5.32 Å². The number of ether oxygens (including phenoxy) is 2. The van der Waals surface area contributed by atoms with Crippen LogP contribution in [0.2, 0.25) is 0 Å². The molecular weight excluding hydrogens is 266 g/mol. The molecule has 1 aromatic rings. The lowest BCUT2D eigenvalue weighted by Gasteiger charge is -2.25. The number of nitrogens with one attached hydrogen (secondary N) is 1. The van der Waals surface area contributed by atoms with E-state index in [4.69, 9.17) is 9.47 Å². The second-order valence-electron chi connectivity index (χ2n) is 5.58. The van der Waals surface area contributed by atoms with Crippen LogP contribution in [0.5, 0.6) is 0 Å². The summed E-state index contributed by atoms with van der Waals surface area (Å²) in [5.41, 5.74) is 1.61. The summed E-state index contributed by atoms with van der Waals surface area (Å²) in [4.78, 5) is 12.6. The van der Waals surface area contributed by atoms with Crippen LogP contribution in [0.15, 0.2) is 24.3 Å². The van der Waals surface area contributed by atoms with Gasteiger partial charge in [0.2, 0.25) is 0 Å². The Kier molecular flexibility index (Phi) is 6.21. The molecule has 2 rings (SSSR count). The van der Waals surface area contributed by atoms with Crippen LogP contribution < -0.4 is 5.32 Å². The predicted octanol–water partition coefficient (Wildman–Crippen LogP) is 2.91. The average molecular weight is 291 g/mol. The van der Waals surface area contributed by atoms with E-state index in [1.165, 1.54) is 12.8 Å². The summed E-state index contributed by atoms with van der Waals surface area (Å²) in [5.74, 6) is -0.0309. The molecule has 116 valence electrons. The highest BCUT2D eigenvalue weighted by atomic mass is 16.5. The SMILES string of the molecule is COCc1ccccc1C(=O)NC1CCCCCC1OC. The molecule has 1 N–H and O–H groups in total. The van der Waals surface area contributed by atoms with Gasteiger partial charge in [-0.2, -0.15) is 0 Å². The van der Waals surface area contributed by atoms with Crippen LogP contribution in [0.25, 0.3) is 0 Å². The fourth-order valence-corrected chi connectivity index (χ4v) is 2.99. The number of rotatable bonds is 5. The summed E-state index contributed by atoms with van der Waals surface area (Å²) < 4.78 is 10.7. The molecule has 0 saturated heterocycles. The van der Waals surface area contributed by atoms with Gasteiger partial charge in [0, 0.05) is 19.8 Å². The third-order valence-corrected chi connectivity index (χ3v) is 4.13. The maximum Gasteiger partial charge on any atom is 0.251 e. The van der Waals surface area contributed by atoms with Crippen molar-refractivity contribution < 1.29 is 14.3 Å². The van der Waals surface area contributed by atoms with Crippen LogP contribution in [-0.4, -0.2) is 32.3 Å². The monoisotopic (exact) mass is 291 g/mol. The summed E-state index contributed by atoms with van der Waals surface area (Å²) in [6.45, 7) is 0.446. The Morgan fingerprint density at radius 2 is 1.95 bits per heavy atom. The fraction of sp³-hybridized carbons (Fsp3) is 0.588. The maximum atomic E-state index is 12.6. The molecule has 1 aliphatic carbocycles. The van der Waals surface area contributed by atoms with Crippen molar-refractivity contribution in [1.29, 1.82) is 0 Å². The van der Waals surface area contributed by atoms with Gasteiger partial charge in [-0.05, 0) is 24.5 Å². The lowest BCUT2D eigenvalue weighted by molar-refractivity contribution is 0.0567. The van der Waals surface area contributed by atoms with Crippen LogP contribution in [0.1, 0.15) is 48.0 Å². The molecule has 0 bridgehead atoms. The Balaban J connectivity index is 2.09. The topological polar surface area (TPSA) is 47.6 Å². The van der Waals surface area contributed by atoms with Crippen LogP contribution in [-0.2, 0) is 16.1 Å². The molecule has 21 heavy (non-hydrogen) atoms. The Labute approximate surface area is 126 Å². The predicted molar refractivity (Wildman–Crippen MR) is 82.3 cm³/mol. The number of methoxy groups -OCH3 is 2. The summed E-state index contributed by atoms with van der Waals surface area (Å²) in [6, 6.07) is 7.69. The molecule has 1 fully saturated rings. The van der Waals surface area contributed by atoms with Gasteiger partial charge in [-0.1, -0.05) is 37.5 Å². The van der Waals surface area contributed by atoms with E-state index >= 15 is 0 Å². The standard InChI is InChI=1S/C17H25NO3/c1-20-12-13-8-6-7-9-14(13)17(19)18-15-10-4-3-5-11-16(15)21-2/h6-9,15-16H,3-5,10-12H2,1-2H3,(H,18,19). The van der Waals surface area contributed by atoms with Gasteiger partial charge in [0.1, 0.15) is 0 Å². The van der Waals surface area contributed by atoms with Crippen molar-refractivity contribution in [2.75, 3.05) is 14.2 Å². The quantitative estimate of drug-likeness (QED) is 0.849. The maximum absolute atomic E-state index is 12.6. The largest absolute Gasteiger partial charge is 0.380 e. The lowest BCUT2D eigenvalue weighted by Crippen LogP contribution is -2.43. The van der Waals surface area contributed by atoms with Crippen molar-refractivity contribution in [2.24, 2.45) is 0 Å². The van der Waals surface area contributed by atoms with Crippen molar-refractivity contribution in [3.63, 3.8) is 0 Å². The van der Waals surface area contributed by atoms with Crippen molar-refractivity contribution in [3.05, 3.63) is 35.4 Å². The zero-order valence-electron chi connectivity index (χ0n) is 12.9. The van der Waals surface area contributed by atoms with Crippen LogP contribution in [0, 0.1) is 0 Å². The average Bonchev–Trinajstić information content (AvgIpc) is 2.73. The van der Waals surface area contributed by atoms with Crippen LogP contribution in [0.3, 0.4) is 0 Å². The van der Waals surface area contributed by atoms with E-state index < -0.39 is 0 Å². The normalized spacial score (nSPS) is 22.6. The number of carbonyl (C=O) groups excluding carboxylic acids is 1. The molecule has 1 saturated carbocycles. The van der Waals surface area contributed by atoms with Gasteiger partial charge >= 0.3 is 0 Å². The van der Waals surface area contributed by atoms with E-state index in [2.05, 4.69) is 5.32 Å². The molecular formula is C17H25NO3. The summed E-state index contributed by atoms with van der Waals surface area (Å²) in [5, 5.41) is 3.16. The smallest absolute Gasteiger partial charge is 0.251 e. The Morgan fingerprint density at radius 1 is 1.19 bits per heavy atom. The molecule has 1 amide bonds. The van der Waals surface area contributed by atoms with Crippen LogP contribution >= 0.6 is 0 Å². The van der Waals surface area contributed by atoms with E-state index in [0.29, 0.717) is 12.2 Å². The van der Waals surface area contributed by atoms with Gasteiger partial charge in [-0.3, -0.25) is 4.79 Å². The van der Waals surface area contributed by atoms with E-state index in [1.54, 1.807) is 14.2 Å². The molecule has 1 aliphatic rings. The van der Waals surface area contributed by atoms with E-state index in [0.717, 1.165) is 24.8 Å². The number of benzene rings is 1. The zero-order chi connectivity index (χ0) is 15.1. The molecule has 2 unspecified atom stereocenters. The first-order chi connectivity index (χ1) is 10.3. The van der Waals surface area contributed by atoms with Gasteiger partial charge in [-0.25, -0.2) is 0 Å². The number of hydrogen-bond acceptors (Lipinski definition) is 3. The molecule has 0 heterocycles. The van der Waals surface area contributed by atoms with E-state index in [1.807, 2.05) is 24.3 Å². The third-order valence-electron chi connectivity index (χ3n) is 4.13. The highest BCUT2D eigenvalue weighted by molar-refractivity contribution is 5.95. The molecule has 0 aromatic heterocycles. The molecule has 0 radical (unpaired) electrons. The molecule has 4 heteroatoms. The minimum Gasteiger partial charge on any atom is -0.380 e. The molecule has 2 atom stereocenters.